The summed E-state index contributed by atoms with van der Waals surface area (Å²) in [5.41, 5.74) is 0.923. The van der Waals surface area contributed by atoms with Crippen LogP contribution in [0.1, 0.15) is 48.6 Å². The Morgan fingerprint density at radius 1 is 1.03 bits per heavy atom. The zero-order chi connectivity index (χ0) is 23.4. The molecular formula is C21H24F4N4OS. The SMILES string of the molecule is CC.CC.O=C(Nc1cnc(C(F)(F)F)s1)c1cccnc1NCc1ccc(F)cc1. The molecule has 0 bridgehead atoms. The number of carbonyl (C=O) groups is 1. The van der Waals surface area contributed by atoms with Gasteiger partial charge in [-0.1, -0.05) is 51.2 Å². The third-order valence-electron chi connectivity index (χ3n) is 3.41. The molecule has 0 fully saturated rings. The normalized spacial score (nSPS) is 10.2. The zero-order valence-corrected chi connectivity index (χ0v) is 18.4. The Morgan fingerprint density at radius 2 is 1.68 bits per heavy atom. The van der Waals surface area contributed by atoms with Crippen LogP contribution in [-0.2, 0) is 12.7 Å². The van der Waals surface area contributed by atoms with Crippen LogP contribution in [0.5, 0.6) is 0 Å². The van der Waals surface area contributed by atoms with E-state index in [2.05, 4.69) is 20.6 Å². The molecule has 0 radical (unpaired) electrons. The first-order valence-electron chi connectivity index (χ1n) is 9.60. The van der Waals surface area contributed by atoms with E-state index in [1.54, 1.807) is 12.1 Å². The van der Waals surface area contributed by atoms with Crippen molar-refractivity contribution in [2.75, 3.05) is 10.6 Å². The van der Waals surface area contributed by atoms with Gasteiger partial charge in [-0.25, -0.2) is 14.4 Å². The van der Waals surface area contributed by atoms with Gasteiger partial charge in [0.05, 0.1) is 11.8 Å². The van der Waals surface area contributed by atoms with Gasteiger partial charge in [-0.3, -0.25) is 4.79 Å². The van der Waals surface area contributed by atoms with E-state index in [9.17, 15) is 22.4 Å². The van der Waals surface area contributed by atoms with Crippen molar-refractivity contribution in [3.63, 3.8) is 0 Å². The number of amides is 1. The molecule has 0 saturated heterocycles. The lowest BCUT2D eigenvalue weighted by Crippen LogP contribution is -2.15. The van der Waals surface area contributed by atoms with Gasteiger partial charge in [0, 0.05) is 12.7 Å². The van der Waals surface area contributed by atoms with E-state index in [1.807, 2.05) is 27.7 Å². The highest BCUT2D eigenvalue weighted by molar-refractivity contribution is 7.16. The molecule has 3 rings (SSSR count). The number of thiazole rings is 1. The molecule has 1 amide bonds. The number of rotatable bonds is 5. The minimum Gasteiger partial charge on any atom is -0.365 e. The van der Waals surface area contributed by atoms with Crippen LogP contribution in [0.3, 0.4) is 0 Å². The molecular weight excluding hydrogens is 432 g/mol. The van der Waals surface area contributed by atoms with Crippen molar-refractivity contribution in [3.8, 4) is 0 Å². The van der Waals surface area contributed by atoms with Crippen LogP contribution in [0.2, 0.25) is 0 Å². The number of nitrogens with zero attached hydrogens (tertiary/aromatic N) is 2. The molecule has 2 heterocycles. The molecule has 3 aromatic rings. The van der Waals surface area contributed by atoms with Gasteiger partial charge >= 0.3 is 6.18 Å². The Balaban J connectivity index is 0.00000113. The summed E-state index contributed by atoms with van der Waals surface area (Å²) in [6, 6.07) is 8.81. The van der Waals surface area contributed by atoms with Gasteiger partial charge in [-0.2, -0.15) is 13.2 Å². The quantitative estimate of drug-likeness (QED) is 0.424. The minimum absolute atomic E-state index is 0.0272. The number of hydrogen-bond donors (Lipinski definition) is 2. The minimum atomic E-state index is -4.57. The van der Waals surface area contributed by atoms with Gasteiger partial charge in [0.1, 0.15) is 16.6 Å². The number of pyridine rings is 1. The molecule has 0 aliphatic rings. The maximum atomic E-state index is 12.9. The smallest absolute Gasteiger partial charge is 0.365 e. The average molecular weight is 457 g/mol. The molecule has 0 spiro atoms. The van der Waals surface area contributed by atoms with Crippen LogP contribution < -0.4 is 10.6 Å². The maximum Gasteiger partial charge on any atom is 0.443 e. The second kappa shape index (κ2) is 12.6. The van der Waals surface area contributed by atoms with E-state index in [0.29, 0.717) is 11.3 Å². The summed E-state index contributed by atoms with van der Waals surface area (Å²) < 4.78 is 50.8. The van der Waals surface area contributed by atoms with E-state index in [4.69, 9.17) is 0 Å². The predicted octanol–water partition coefficient (Wildman–Crippen LogP) is 6.61. The van der Waals surface area contributed by atoms with Crippen molar-refractivity contribution in [2.24, 2.45) is 0 Å². The topological polar surface area (TPSA) is 66.9 Å². The van der Waals surface area contributed by atoms with Crippen molar-refractivity contribution >= 4 is 28.1 Å². The van der Waals surface area contributed by atoms with Gasteiger partial charge in [-0.05, 0) is 29.8 Å². The standard InChI is InChI=1S/C17H12F4N4OS.2C2H6/c18-11-5-3-10(4-6-11)8-23-14-12(2-1-7-22-14)15(26)25-13-9-24-16(27-13)17(19,20)21;2*1-2/h1-7,9H,8H2,(H,22,23)(H,25,26);2*1-2H3. The van der Waals surface area contributed by atoms with Crippen LogP contribution in [-0.4, -0.2) is 15.9 Å². The van der Waals surface area contributed by atoms with Crippen LogP contribution >= 0.6 is 11.3 Å². The van der Waals surface area contributed by atoms with Crippen molar-refractivity contribution in [1.82, 2.24) is 9.97 Å². The number of nitrogens with one attached hydrogen (secondary N) is 2. The lowest BCUT2D eigenvalue weighted by molar-refractivity contribution is -0.137. The Morgan fingerprint density at radius 3 is 2.26 bits per heavy atom. The van der Waals surface area contributed by atoms with Gasteiger partial charge in [-0.15, -0.1) is 0 Å². The first kappa shape index (κ1) is 26.0. The van der Waals surface area contributed by atoms with Crippen LogP contribution in [0.4, 0.5) is 28.4 Å². The van der Waals surface area contributed by atoms with Crippen molar-refractivity contribution < 1.29 is 22.4 Å². The second-order valence-electron chi connectivity index (χ2n) is 5.36. The van der Waals surface area contributed by atoms with E-state index in [1.165, 1.54) is 30.5 Å². The molecule has 31 heavy (non-hydrogen) atoms. The van der Waals surface area contributed by atoms with Crippen molar-refractivity contribution in [3.05, 3.63) is 70.7 Å². The number of carbonyl (C=O) groups excluding carboxylic acids is 1. The average Bonchev–Trinajstić information content (AvgIpc) is 3.25. The number of alkyl halides is 3. The molecule has 5 nitrogen and oxygen atoms in total. The lowest BCUT2D eigenvalue weighted by Gasteiger charge is -2.10. The number of halogens is 4. The second-order valence-corrected chi connectivity index (χ2v) is 6.39. The Hall–Kier alpha value is -3.01. The highest BCUT2D eigenvalue weighted by Gasteiger charge is 2.34. The van der Waals surface area contributed by atoms with E-state index in [-0.39, 0.29) is 28.7 Å². The molecule has 2 aromatic heterocycles. The molecule has 10 heteroatoms. The number of anilines is 2. The molecule has 1 aromatic carbocycles. The monoisotopic (exact) mass is 456 g/mol. The largest absolute Gasteiger partial charge is 0.443 e. The lowest BCUT2D eigenvalue weighted by atomic mass is 10.2. The highest BCUT2D eigenvalue weighted by atomic mass is 32.1. The summed E-state index contributed by atoms with van der Waals surface area (Å²) in [4.78, 5) is 19.7. The van der Waals surface area contributed by atoms with E-state index < -0.39 is 17.1 Å². The maximum absolute atomic E-state index is 12.9. The third kappa shape index (κ3) is 7.97. The Kier molecular flexibility index (Phi) is 10.6. The molecule has 2 N–H and O–H groups in total. The van der Waals surface area contributed by atoms with Crippen molar-refractivity contribution in [2.45, 2.75) is 40.4 Å². The first-order valence-corrected chi connectivity index (χ1v) is 10.4. The summed E-state index contributed by atoms with van der Waals surface area (Å²) >= 11 is 0.336. The number of aromatic nitrogens is 2. The van der Waals surface area contributed by atoms with Gasteiger partial charge in [0.25, 0.3) is 5.91 Å². The summed E-state index contributed by atoms with van der Waals surface area (Å²) in [5.74, 6) is -0.735. The third-order valence-corrected chi connectivity index (χ3v) is 4.37. The highest BCUT2D eigenvalue weighted by Crippen LogP contribution is 2.34. The van der Waals surface area contributed by atoms with Crippen LogP contribution in [0.25, 0.3) is 0 Å². The molecule has 0 aliphatic heterocycles. The fourth-order valence-electron chi connectivity index (χ4n) is 2.16. The molecule has 0 unspecified atom stereocenters. The summed E-state index contributed by atoms with van der Waals surface area (Å²) in [7, 11) is 0. The van der Waals surface area contributed by atoms with E-state index in [0.717, 1.165) is 11.8 Å². The predicted molar refractivity (Wildman–Crippen MR) is 116 cm³/mol. The molecule has 168 valence electrons. The van der Waals surface area contributed by atoms with E-state index >= 15 is 0 Å². The fraction of sp³-hybridized carbons (Fsp3) is 0.286. The van der Waals surface area contributed by atoms with Gasteiger partial charge in [0.2, 0.25) is 0 Å². The van der Waals surface area contributed by atoms with Crippen LogP contribution in [0, 0.1) is 5.82 Å². The Bertz CT molecular complexity index is 943. The first-order chi connectivity index (χ1) is 14.8. The molecule has 0 aliphatic carbocycles. The van der Waals surface area contributed by atoms with Crippen LogP contribution in [0.15, 0.2) is 48.8 Å². The fourth-order valence-corrected chi connectivity index (χ4v) is 2.84. The Labute approximate surface area is 182 Å². The van der Waals surface area contributed by atoms with Gasteiger partial charge in [0.15, 0.2) is 5.01 Å². The summed E-state index contributed by atoms with van der Waals surface area (Å²) in [6.45, 7) is 8.29. The summed E-state index contributed by atoms with van der Waals surface area (Å²) in [5, 5.41) is 4.27. The number of benzene rings is 1. The zero-order valence-electron chi connectivity index (χ0n) is 17.5. The van der Waals surface area contributed by atoms with Crippen molar-refractivity contribution in [1.29, 1.82) is 0 Å². The van der Waals surface area contributed by atoms with Gasteiger partial charge < -0.3 is 10.6 Å². The molecule has 0 saturated carbocycles. The summed E-state index contributed by atoms with van der Waals surface area (Å²) in [6.07, 6.45) is -2.14. The number of hydrogen-bond acceptors (Lipinski definition) is 5. The molecule has 0 atom stereocenters.